The van der Waals surface area contributed by atoms with Crippen molar-refractivity contribution in [3.8, 4) is 0 Å². The zero-order valence-corrected chi connectivity index (χ0v) is 23.1. The summed E-state index contributed by atoms with van der Waals surface area (Å²) in [5.74, 6) is -0.677. The van der Waals surface area contributed by atoms with E-state index >= 15 is 0 Å². The van der Waals surface area contributed by atoms with Crippen molar-refractivity contribution in [3.63, 3.8) is 0 Å². The van der Waals surface area contributed by atoms with Crippen molar-refractivity contribution >= 4 is 23.8 Å². The van der Waals surface area contributed by atoms with Gasteiger partial charge in [-0.3, -0.25) is 4.98 Å². The summed E-state index contributed by atoms with van der Waals surface area (Å²) in [6.07, 6.45) is 5.16. The van der Waals surface area contributed by atoms with Crippen LogP contribution in [-0.4, -0.2) is 36.3 Å². The number of ether oxygens (including phenoxy) is 2. The van der Waals surface area contributed by atoms with Crippen LogP contribution < -0.4 is 4.90 Å². The molecule has 0 N–H and O–H groups in total. The van der Waals surface area contributed by atoms with Gasteiger partial charge in [0.25, 0.3) is 0 Å². The standard InChI is InChI=1S/C30H41FN2O3/c1-9-35-28(34)27(36-29(4,5)6)25-21(3)32-20(2)24(15-12-22-10-13-23(31)14-11-22)26(25)33-18-16-30(7,8)17-19-33/h10-15,27H,9,16-19H2,1-8H3/b15-12+/t27-/m0/s1. The highest BCUT2D eigenvalue weighted by Crippen LogP contribution is 2.42. The van der Waals surface area contributed by atoms with E-state index in [1.807, 2.05) is 46.8 Å². The summed E-state index contributed by atoms with van der Waals surface area (Å²) in [5, 5.41) is 0. The number of rotatable bonds is 7. The molecule has 0 spiro atoms. The zero-order chi connectivity index (χ0) is 26.7. The molecule has 1 aliphatic rings. The van der Waals surface area contributed by atoms with Crippen molar-refractivity contribution < 1.29 is 18.7 Å². The monoisotopic (exact) mass is 496 g/mol. The Kier molecular flexibility index (Phi) is 8.60. The molecule has 1 fully saturated rings. The number of carbonyl (C=O) groups excluding carboxylic acids is 1. The second-order valence-electron chi connectivity index (χ2n) is 11.4. The number of nitrogens with zero attached hydrogens (tertiary/aromatic N) is 2. The van der Waals surface area contributed by atoms with Crippen LogP contribution in [-0.2, 0) is 14.3 Å². The van der Waals surface area contributed by atoms with Gasteiger partial charge in [-0.2, -0.15) is 0 Å². The maximum absolute atomic E-state index is 13.4. The summed E-state index contributed by atoms with van der Waals surface area (Å²) in [4.78, 5) is 20.5. The minimum atomic E-state index is -0.902. The zero-order valence-electron chi connectivity index (χ0n) is 23.1. The van der Waals surface area contributed by atoms with Crippen molar-refractivity contribution in [1.82, 2.24) is 4.98 Å². The number of carbonyl (C=O) groups is 1. The largest absolute Gasteiger partial charge is 0.464 e. The van der Waals surface area contributed by atoms with Gasteiger partial charge >= 0.3 is 5.97 Å². The van der Waals surface area contributed by atoms with Crippen molar-refractivity contribution in [1.29, 1.82) is 0 Å². The molecule has 2 heterocycles. The van der Waals surface area contributed by atoms with Gasteiger partial charge in [0.05, 0.1) is 17.9 Å². The van der Waals surface area contributed by atoms with Gasteiger partial charge < -0.3 is 14.4 Å². The molecule has 6 heteroatoms. The predicted molar refractivity (Wildman–Crippen MR) is 144 cm³/mol. The fourth-order valence-electron chi connectivity index (χ4n) is 4.60. The average molecular weight is 497 g/mol. The molecule has 196 valence electrons. The highest BCUT2D eigenvalue weighted by atomic mass is 19.1. The van der Waals surface area contributed by atoms with Gasteiger partial charge in [-0.1, -0.05) is 38.1 Å². The minimum Gasteiger partial charge on any atom is -0.464 e. The van der Waals surface area contributed by atoms with Crippen molar-refractivity contribution in [3.05, 3.63) is 58.2 Å². The lowest BCUT2D eigenvalue weighted by atomic mass is 9.82. The predicted octanol–water partition coefficient (Wildman–Crippen LogP) is 7.05. The van der Waals surface area contributed by atoms with Crippen LogP contribution in [0.2, 0.25) is 0 Å². The lowest BCUT2D eigenvalue weighted by Crippen LogP contribution is -2.39. The Morgan fingerprint density at radius 3 is 2.28 bits per heavy atom. The third kappa shape index (κ3) is 6.94. The van der Waals surface area contributed by atoms with Crippen LogP contribution >= 0.6 is 0 Å². The Hall–Kier alpha value is -2.73. The van der Waals surface area contributed by atoms with Crippen molar-refractivity contribution in [2.75, 3.05) is 24.6 Å². The van der Waals surface area contributed by atoms with Gasteiger partial charge in [-0.05, 0) is 77.5 Å². The summed E-state index contributed by atoms with van der Waals surface area (Å²) < 4.78 is 25.3. The number of esters is 1. The van der Waals surface area contributed by atoms with E-state index in [1.54, 1.807) is 19.1 Å². The van der Waals surface area contributed by atoms with Crippen LogP contribution in [0.3, 0.4) is 0 Å². The van der Waals surface area contributed by atoms with Crippen LogP contribution in [0.25, 0.3) is 12.2 Å². The maximum Gasteiger partial charge on any atom is 0.340 e. The summed E-state index contributed by atoms with van der Waals surface area (Å²) in [6, 6.07) is 6.40. The molecule has 0 aliphatic carbocycles. The quantitative estimate of drug-likeness (QED) is 0.384. The second-order valence-corrected chi connectivity index (χ2v) is 11.4. The van der Waals surface area contributed by atoms with Crippen molar-refractivity contribution in [2.24, 2.45) is 5.41 Å². The van der Waals surface area contributed by atoms with E-state index in [0.717, 1.165) is 59.7 Å². The lowest BCUT2D eigenvalue weighted by Gasteiger charge is -2.41. The molecule has 1 aromatic heterocycles. The van der Waals surface area contributed by atoms with Crippen LogP contribution in [0.15, 0.2) is 24.3 Å². The van der Waals surface area contributed by atoms with E-state index in [2.05, 4.69) is 18.7 Å². The number of halogens is 1. The average Bonchev–Trinajstić information content (AvgIpc) is 2.77. The van der Waals surface area contributed by atoms with Crippen LogP contribution in [0, 0.1) is 25.1 Å². The molecule has 1 aromatic carbocycles. The number of pyridine rings is 1. The van der Waals surface area contributed by atoms with Gasteiger partial charge in [-0.25, -0.2) is 9.18 Å². The molecule has 1 saturated heterocycles. The number of anilines is 1. The van der Waals surface area contributed by atoms with E-state index in [4.69, 9.17) is 14.5 Å². The van der Waals surface area contributed by atoms with Crippen molar-refractivity contribution in [2.45, 2.75) is 79.9 Å². The van der Waals surface area contributed by atoms with E-state index in [1.165, 1.54) is 12.1 Å². The molecule has 5 nitrogen and oxygen atoms in total. The summed E-state index contributed by atoms with van der Waals surface area (Å²) in [6.45, 7) is 18.1. The molecule has 36 heavy (non-hydrogen) atoms. The molecule has 1 atom stereocenters. The molecular formula is C30H41FN2O3. The maximum atomic E-state index is 13.4. The van der Waals surface area contributed by atoms with Crippen LogP contribution in [0.4, 0.5) is 10.1 Å². The van der Waals surface area contributed by atoms with Gasteiger partial charge in [0.15, 0.2) is 6.10 Å². The van der Waals surface area contributed by atoms with Gasteiger partial charge in [0, 0.05) is 35.6 Å². The first kappa shape index (κ1) is 27.9. The fourth-order valence-corrected chi connectivity index (χ4v) is 4.60. The number of aromatic nitrogens is 1. The molecule has 1 aliphatic heterocycles. The first-order valence-electron chi connectivity index (χ1n) is 12.9. The number of hydrogen-bond donors (Lipinski definition) is 0. The molecule has 0 radical (unpaired) electrons. The molecular weight excluding hydrogens is 455 g/mol. The van der Waals surface area contributed by atoms with Gasteiger partial charge in [0.2, 0.25) is 0 Å². The topological polar surface area (TPSA) is 51.7 Å². The fraction of sp³-hybridized carbons (Fsp3) is 0.533. The number of aryl methyl sites for hydroxylation is 2. The molecule has 2 aromatic rings. The van der Waals surface area contributed by atoms with Crippen LogP contribution in [0.5, 0.6) is 0 Å². The number of hydrogen-bond acceptors (Lipinski definition) is 5. The number of piperidine rings is 1. The highest BCUT2D eigenvalue weighted by Gasteiger charge is 2.36. The smallest absolute Gasteiger partial charge is 0.340 e. The van der Waals surface area contributed by atoms with E-state index in [0.29, 0.717) is 0 Å². The summed E-state index contributed by atoms with van der Waals surface area (Å²) >= 11 is 0. The normalized spacial score (nSPS) is 16.9. The lowest BCUT2D eigenvalue weighted by molar-refractivity contribution is -0.166. The Morgan fingerprint density at radius 2 is 1.72 bits per heavy atom. The summed E-state index contributed by atoms with van der Waals surface area (Å²) in [5.41, 5.74) is 4.87. The van der Waals surface area contributed by atoms with E-state index in [-0.39, 0.29) is 17.8 Å². The molecule has 0 saturated carbocycles. The Bertz CT molecular complexity index is 1090. The number of benzene rings is 1. The van der Waals surface area contributed by atoms with Gasteiger partial charge in [0.1, 0.15) is 5.82 Å². The van der Waals surface area contributed by atoms with Gasteiger partial charge in [-0.15, -0.1) is 0 Å². The Morgan fingerprint density at radius 1 is 1.11 bits per heavy atom. The highest BCUT2D eigenvalue weighted by molar-refractivity contribution is 5.86. The SMILES string of the molecule is CCOC(=O)[C@@H](OC(C)(C)C)c1c(C)nc(C)c(/C=C/c2ccc(F)cc2)c1N1CCC(C)(C)CC1. The molecule has 0 unspecified atom stereocenters. The van der Waals surface area contributed by atoms with E-state index in [9.17, 15) is 9.18 Å². The minimum absolute atomic E-state index is 0.264. The van der Waals surface area contributed by atoms with Crippen LogP contribution in [0.1, 0.15) is 88.6 Å². The second kappa shape index (κ2) is 11.1. The Balaban J connectivity index is 2.22. The Labute approximate surface area is 215 Å². The third-order valence-electron chi connectivity index (χ3n) is 6.61. The first-order chi connectivity index (χ1) is 16.8. The summed E-state index contributed by atoms with van der Waals surface area (Å²) in [7, 11) is 0. The molecule has 0 amide bonds. The molecule has 3 rings (SSSR count). The third-order valence-corrected chi connectivity index (χ3v) is 6.61. The molecule has 0 bridgehead atoms. The first-order valence-corrected chi connectivity index (χ1v) is 12.9. The van der Waals surface area contributed by atoms with E-state index < -0.39 is 17.7 Å².